The number of halogens is 2. The van der Waals surface area contributed by atoms with Gasteiger partial charge in [0, 0.05) is 10.8 Å². The first kappa shape index (κ1) is 9.60. The Balaban J connectivity index is 2.30. The van der Waals surface area contributed by atoms with Crippen molar-refractivity contribution in [3.8, 4) is 0 Å². The fraction of sp³-hybridized carbons (Fsp3) is 0.600. The SMILES string of the molecule is CC1(c2occc2Br)CCC(Cl)C1. The molecule has 1 aromatic rings. The summed E-state index contributed by atoms with van der Waals surface area (Å²) in [4.78, 5) is 0. The van der Waals surface area contributed by atoms with Crippen LogP contribution in [0, 0.1) is 0 Å². The maximum Gasteiger partial charge on any atom is 0.123 e. The molecule has 72 valence electrons. The van der Waals surface area contributed by atoms with Gasteiger partial charge < -0.3 is 4.42 Å². The number of hydrogen-bond donors (Lipinski definition) is 0. The monoisotopic (exact) mass is 262 g/mol. The summed E-state index contributed by atoms with van der Waals surface area (Å²) in [7, 11) is 0. The number of hydrogen-bond acceptors (Lipinski definition) is 1. The summed E-state index contributed by atoms with van der Waals surface area (Å²) >= 11 is 9.60. The Morgan fingerprint density at radius 3 is 2.92 bits per heavy atom. The summed E-state index contributed by atoms with van der Waals surface area (Å²) in [6.07, 6.45) is 4.95. The van der Waals surface area contributed by atoms with Crippen molar-refractivity contribution in [2.75, 3.05) is 0 Å². The second-order valence-corrected chi connectivity index (χ2v) is 5.47. The molecule has 0 aliphatic heterocycles. The molecule has 1 aliphatic carbocycles. The highest BCUT2D eigenvalue weighted by Gasteiger charge is 2.39. The van der Waals surface area contributed by atoms with Crippen LogP contribution < -0.4 is 0 Å². The molecule has 2 unspecified atom stereocenters. The lowest BCUT2D eigenvalue weighted by Crippen LogP contribution is -2.17. The van der Waals surface area contributed by atoms with Gasteiger partial charge >= 0.3 is 0 Å². The molecule has 1 heterocycles. The van der Waals surface area contributed by atoms with Gasteiger partial charge in [-0.3, -0.25) is 0 Å². The van der Waals surface area contributed by atoms with Gasteiger partial charge in [-0.2, -0.15) is 0 Å². The summed E-state index contributed by atoms with van der Waals surface area (Å²) in [5, 5.41) is 0.307. The van der Waals surface area contributed by atoms with E-state index in [1.165, 1.54) is 0 Å². The molecule has 1 aromatic heterocycles. The van der Waals surface area contributed by atoms with Crippen molar-refractivity contribution in [2.45, 2.75) is 37.0 Å². The molecule has 0 aromatic carbocycles. The molecule has 1 nitrogen and oxygen atoms in total. The van der Waals surface area contributed by atoms with Gasteiger partial charge in [-0.1, -0.05) is 6.92 Å². The molecular formula is C10H12BrClO. The van der Waals surface area contributed by atoms with Gasteiger partial charge in [0.1, 0.15) is 5.76 Å². The summed E-state index contributed by atoms with van der Waals surface area (Å²) in [5.74, 6) is 1.05. The van der Waals surface area contributed by atoms with Gasteiger partial charge in [0.05, 0.1) is 10.7 Å². The van der Waals surface area contributed by atoms with E-state index in [0.717, 1.165) is 29.5 Å². The van der Waals surface area contributed by atoms with Crippen LogP contribution in [0.2, 0.25) is 0 Å². The lowest BCUT2D eigenvalue weighted by Gasteiger charge is -2.21. The van der Waals surface area contributed by atoms with Crippen LogP contribution in [0.5, 0.6) is 0 Å². The Hall–Kier alpha value is 0.0500. The van der Waals surface area contributed by atoms with Crippen molar-refractivity contribution in [3.63, 3.8) is 0 Å². The third-order valence-corrected chi connectivity index (χ3v) is 3.84. The van der Waals surface area contributed by atoms with Crippen LogP contribution in [-0.2, 0) is 5.41 Å². The predicted octanol–water partition coefficient (Wildman–Crippen LogP) is 4.09. The summed E-state index contributed by atoms with van der Waals surface area (Å²) in [6, 6.07) is 1.95. The molecule has 0 radical (unpaired) electrons. The highest BCUT2D eigenvalue weighted by Crippen LogP contribution is 2.45. The highest BCUT2D eigenvalue weighted by molar-refractivity contribution is 9.10. The van der Waals surface area contributed by atoms with Crippen molar-refractivity contribution < 1.29 is 4.42 Å². The molecule has 0 bridgehead atoms. The van der Waals surface area contributed by atoms with Crippen molar-refractivity contribution in [1.82, 2.24) is 0 Å². The number of rotatable bonds is 1. The lowest BCUT2D eigenvalue weighted by atomic mass is 9.86. The van der Waals surface area contributed by atoms with E-state index < -0.39 is 0 Å². The van der Waals surface area contributed by atoms with Gasteiger partial charge in [-0.25, -0.2) is 0 Å². The van der Waals surface area contributed by atoms with E-state index in [4.69, 9.17) is 16.0 Å². The van der Waals surface area contributed by atoms with Crippen molar-refractivity contribution >= 4 is 27.5 Å². The third kappa shape index (κ3) is 1.66. The minimum absolute atomic E-state index is 0.134. The zero-order valence-electron chi connectivity index (χ0n) is 7.52. The van der Waals surface area contributed by atoms with Gasteiger partial charge in [0.2, 0.25) is 0 Å². The maximum atomic E-state index is 6.11. The van der Waals surface area contributed by atoms with Gasteiger partial charge in [0.25, 0.3) is 0 Å². The summed E-state index contributed by atoms with van der Waals surface area (Å²) in [6.45, 7) is 2.22. The topological polar surface area (TPSA) is 13.1 Å². The Kier molecular flexibility index (Phi) is 2.45. The average molecular weight is 264 g/mol. The van der Waals surface area contributed by atoms with Crippen LogP contribution in [0.4, 0.5) is 0 Å². The smallest absolute Gasteiger partial charge is 0.123 e. The van der Waals surface area contributed by atoms with E-state index >= 15 is 0 Å². The fourth-order valence-electron chi connectivity index (χ4n) is 2.10. The normalized spacial score (nSPS) is 33.9. The molecule has 2 rings (SSSR count). The molecule has 2 atom stereocenters. The van der Waals surface area contributed by atoms with Crippen LogP contribution in [0.25, 0.3) is 0 Å². The molecule has 1 saturated carbocycles. The van der Waals surface area contributed by atoms with E-state index in [0.29, 0.717) is 5.38 Å². The van der Waals surface area contributed by atoms with Crippen LogP contribution in [-0.4, -0.2) is 5.38 Å². The first-order chi connectivity index (χ1) is 6.12. The van der Waals surface area contributed by atoms with Crippen molar-refractivity contribution in [3.05, 3.63) is 22.6 Å². The van der Waals surface area contributed by atoms with E-state index in [2.05, 4.69) is 22.9 Å². The quantitative estimate of drug-likeness (QED) is 0.696. The molecule has 1 fully saturated rings. The van der Waals surface area contributed by atoms with E-state index in [1.54, 1.807) is 6.26 Å². The largest absolute Gasteiger partial charge is 0.468 e. The predicted molar refractivity (Wildman–Crippen MR) is 57.3 cm³/mol. The van der Waals surface area contributed by atoms with Gasteiger partial charge in [-0.05, 0) is 41.3 Å². The Morgan fingerprint density at radius 2 is 2.46 bits per heavy atom. The molecule has 3 heteroatoms. The van der Waals surface area contributed by atoms with Crippen LogP contribution in [0.15, 0.2) is 21.2 Å². The fourth-order valence-corrected chi connectivity index (χ4v) is 3.23. The van der Waals surface area contributed by atoms with E-state index in [1.807, 2.05) is 6.07 Å². The molecular weight excluding hydrogens is 251 g/mol. The number of furan rings is 1. The molecule has 0 amide bonds. The van der Waals surface area contributed by atoms with Crippen LogP contribution in [0.1, 0.15) is 31.9 Å². The zero-order chi connectivity index (χ0) is 9.47. The minimum atomic E-state index is 0.134. The second kappa shape index (κ2) is 3.32. The van der Waals surface area contributed by atoms with Crippen molar-refractivity contribution in [2.24, 2.45) is 0 Å². The summed E-state index contributed by atoms with van der Waals surface area (Å²) in [5.41, 5.74) is 0.134. The van der Waals surface area contributed by atoms with E-state index in [9.17, 15) is 0 Å². The summed E-state index contributed by atoms with van der Waals surface area (Å²) < 4.78 is 6.56. The third-order valence-electron chi connectivity index (χ3n) is 2.85. The second-order valence-electron chi connectivity index (χ2n) is 4.00. The van der Waals surface area contributed by atoms with E-state index in [-0.39, 0.29) is 5.41 Å². The number of alkyl halides is 1. The van der Waals surface area contributed by atoms with Gasteiger partial charge in [0.15, 0.2) is 0 Å². The molecule has 1 aliphatic rings. The van der Waals surface area contributed by atoms with Crippen LogP contribution >= 0.6 is 27.5 Å². The van der Waals surface area contributed by atoms with Crippen molar-refractivity contribution in [1.29, 1.82) is 0 Å². The molecule has 0 N–H and O–H groups in total. The average Bonchev–Trinajstić information content (AvgIpc) is 2.59. The maximum absolute atomic E-state index is 6.11. The molecule has 13 heavy (non-hydrogen) atoms. The first-order valence-corrected chi connectivity index (χ1v) is 5.72. The molecule has 0 spiro atoms. The lowest BCUT2D eigenvalue weighted by molar-refractivity contribution is 0.364. The molecule has 0 saturated heterocycles. The first-order valence-electron chi connectivity index (χ1n) is 4.49. The highest BCUT2D eigenvalue weighted by atomic mass is 79.9. The zero-order valence-corrected chi connectivity index (χ0v) is 9.86. The minimum Gasteiger partial charge on any atom is -0.468 e. The van der Waals surface area contributed by atoms with Crippen LogP contribution in [0.3, 0.4) is 0 Å². The Labute approximate surface area is 91.6 Å². The standard InChI is InChI=1S/C10H12BrClO/c1-10(4-2-7(12)6-10)9-8(11)3-5-13-9/h3,5,7H,2,4,6H2,1H3. The Morgan fingerprint density at radius 1 is 1.69 bits per heavy atom. The van der Waals surface area contributed by atoms with Gasteiger partial charge in [-0.15, -0.1) is 11.6 Å². The Bertz CT molecular complexity index is 310.